The lowest BCUT2D eigenvalue weighted by Crippen LogP contribution is -2.43. The Kier molecular flexibility index (Phi) is 2.82. The predicted octanol–water partition coefficient (Wildman–Crippen LogP) is 2.11. The maximum absolute atomic E-state index is 10.2. The Morgan fingerprint density at radius 1 is 1.06 bits per heavy atom. The third kappa shape index (κ3) is 1.88. The topological polar surface area (TPSA) is 46.9 Å². The number of hydrogen-bond donors (Lipinski definition) is 2. The van der Waals surface area contributed by atoms with Gasteiger partial charge < -0.3 is 10.4 Å². The summed E-state index contributed by atoms with van der Waals surface area (Å²) in [6.45, 7) is 8.92. The van der Waals surface area contributed by atoms with Crippen LogP contribution < -0.4 is 0 Å². The zero-order valence-corrected chi connectivity index (χ0v) is 10.8. The first-order chi connectivity index (χ1) is 7.24. The average Bonchev–Trinajstić information content (AvgIpc) is 2.54. The second kappa shape index (κ2) is 3.67. The second-order valence-corrected chi connectivity index (χ2v) is 6.62. The molecule has 2 atom stereocenters. The van der Waals surface area contributed by atoms with Crippen LogP contribution in [0.25, 0.3) is 0 Å². The molecule has 0 saturated carbocycles. The predicted molar refractivity (Wildman–Crippen MR) is 61.4 cm³/mol. The molecule has 0 aliphatic carbocycles. The molecule has 94 valence electrons. The molecule has 2 saturated heterocycles. The Morgan fingerprint density at radius 2 is 1.69 bits per heavy atom. The summed E-state index contributed by atoms with van der Waals surface area (Å²) in [6, 6.07) is 0.200. The lowest BCUT2D eigenvalue weighted by molar-refractivity contribution is -0.177. The largest absolute Gasteiger partial charge is 0.313 e. The molecular weight excluding hydrogens is 204 g/mol. The van der Waals surface area contributed by atoms with Gasteiger partial charge in [0.15, 0.2) is 0 Å². The van der Waals surface area contributed by atoms with Gasteiger partial charge in [0.1, 0.15) is 0 Å². The summed E-state index contributed by atoms with van der Waals surface area (Å²) in [5.41, 5.74) is -0.268. The molecule has 0 aromatic carbocycles. The summed E-state index contributed by atoms with van der Waals surface area (Å²) in [6.07, 6.45) is 3.00. The molecule has 16 heavy (non-hydrogen) atoms. The first-order valence-corrected chi connectivity index (χ1v) is 6.19. The maximum Gasteiger partial charge on any atom is 0.0408 e. The minimum absolute atomic E-state index is 0.113. The van der Waals surface area contributed by atoms with Gasteiger partial charge in [0.05, 0.1) is 0 Å². The lowest BCUT2D eigenvalue weighted by atomic mass is 9.90. The van der Waals surface area contributed by atoms with E-state index in [1.807, 2.05) is 0 Å². The molecule has 2 aliphatic rings. The van der Waals surface area contributed by atoms with E-state index in [4.69, 9.17) is 0 Å². The van der Waals surface area contributed by atoms with Crippen LogP contribution in [0.3, 0.4) is 0 Å². The average molecular weight is 228 g/mol. The van der Waals surface area contributed by atoms with Gasteiger partial charge in [-0.05, 0) is 52.9 Å². The quantitative estimate of drug-likeness (QED) is 0.721. The van der Waals surface area contributed by atoms with Crippen molar-refractivity contribution in [2.75, 3.05) is 6.54 Å². The first kappa shape index (κ1) is 12.3. The summed E-state index contributed by atoms with van der Waals surface area (Å²) in [5, 5.41) is 23.0. The van der Waals surface area contributed by atoms with E-state index in [0.717, 1.165) is 19.3 Å². The molecule has 4 heteroatoms. The SMILES string of the molecule is CC1(C)CC(C2CCC(C)(C)N2O)CN1O. The summed E-state index contributed by atoms with van der Waals surface area (Å²) >= 11 is 0. The van der Waals surface area contributed by atoms with Gasteiger partial charge >= 0.3 is 0 Å². The van der Waals surface area contributed by atoms with Crippen LogP contribution in [0.15, 0.2) is 0 Å². The number of hydrogen-bond acceptors (Lipinski definition) is 4. The van der Waals surface area contributed by atoms with Gasteiger partial charge in [0, 0.05) is 23.7 Å². The first-order valence-electron chi connectivity index (χ1n) is 6.19. The number of hydroxylamine groups is 4. The van der Waals surface area contributed by atoms with E-state index in [1.54, 1.807) is 0 Å². The van der Waals surface area contributed by atoms with Crippen LogP contribution >= 0.6 is 0 Å². The van der Waals surface area contributed by atoms with E-state index in [1.165, 1.54) is 10.1 Å². The molecule has 2 heterocycles. The fraction of sp³-hybridized carbons (Fsp3) is 1.00. The number of rotatable bonds is 1. The molecule has 2 fully saturated rings. The van der Waals surface area contributed by atoms with Gasteiger partial charge in [-0.15, -0.1) is 0 Å². The van der Waals surface area contributed by atoms with E-state index in [9.17, 15) is 10.4 Å². The van der Waals surface area contributed by atoms with Crippen molar-refractivity contribution in [1.29, 1.82) is 0 Å². The van der Waals surface area contributed by atoms with Crippen LogP contribution in [-0.4, -0.2) is 44.2 Å². The van der Waals surface area contributed by atoms with Gasteiger partial charge in [-0.3, -0.25) is 0 Å². The van der Waals surface area contributed by atoms with E-state index >= 15 is 0 Å². The van der Waals surface area contributed by atoms with Gasteiger partial charge in [0.2, 0.25) is 0 Å². The Bertz CT molecular complexity index is 278. The lowest BCUT2D eigenvalue weighted by Gasteiger charge is -2.32. The number of nitrogens with zero attached hydrogens (tertiary/aromatic N) is 2. The van der Waals surface area contributed by atoms with E-state index in [2.05, 4.69) is 27.7 Å². The normalized spacial score (nSPS) is 39.4. The Balaban J connectivity index is 2.06. The van der Waals surface area contributed by atoms with Crippen molar-refractivity contribution in [2.45, 2.75) is 64.1 Å². The highest BCUT2D eigenvalue weighted by molar-refractivity contribution is 4.99. The van der Waals surface area contributed by atoms with Crippen LogP contribution in [0.2, 0.25) is 0 Å². The molecule has 2 N–H and O–H groups in total. The van der Waals surface area contributed by atoms with Gasteiger partial charge in [-0.25, -0.2) is 0 Å². The van der Waals surface area contributed by atoms with Crippen molar-refractivity contribution in [1.82, 2.24) is 10.1 Å². The second-order valence-electron chi connectivity index (χ2n) is 6.62. The molecule has 4 nitrogen and oxygen atoms in total. The smallest absolute Gasteiger partial charge is 0.0408 e. The molecule has 0 aromatic heterocycles. The molecule has 0 aromatic rings. The Morgan fingerprint density at radius 3 is 2.06 bits per heavy atom. The highest BCUT2D eigenvalue weighted by Gasteiger charge is 2.48. The Labute approximate surface area is 97.8 Å². The summed E-state index contributed by atoms with van der Waals surface area (Å²) in [7, 11) is 0. The minimum Gasteiger partial charge on any atom is -0.313 e. The fourth-order valence-electron chi connectivity index (χ4n) is 3.16. The van der Waals surface area contributed by atoms with Crippen molar-refractivity contribution < 1.29 is 10.4 Å². The van der Waals surface area contributed by atoms with Crippen molar-refractivity contribution >= 4 is 0 Å². The van der Waals surface area contributed by atoms with Gasteiger partial charge in [-0.1, -0.05) is 0 Å². The third-order valence-electron chi connectivity index (χ3n) is 4.40. The maximum atomic E-state index is 10.2. The highest BCUT2D eigenvalue weighted by Crippen LogP contribution is 2.41. The van der Waals surface area contributed by atoms with Gasteiger partial charge in [-0.2, -0.15) is 10.1 Å². The summed E-state index contributed by atoms with van der Waals surface area (Å²) in [5.74, 6) is 0.367. The molecular formula is C12H24N2O2. The molecule has 0 bridgehead atoms. The molecule has 2 rings (SSSR count). The van der Waals surface area contributed by atoms with Crippen LogP contribution in [0.4, 0.5) is 0 Å². The molecule has 2 aliphatic heterocycles. The molecule has 0 spiro atoms. The fourth-order valence-corrected chi connectivity index (χ4v) is 3.16. The standard InChI is InChI=1S/C12H24N2O2/c1-11(2)6-5-10(14(11)16)9-7-12(3,4)13(15)8-9/h9-10,15-16H,5-8H2,1-4H3. The van der Waals surface area contributed by atoms with Crippen LogP contribution in [0.1, 0.15) is 47.0 Å². The van der Waals surface area contributed by atoms with Crippen molar-refractivity contribution in [3.05, 3.63) is 0 Å². The molecule has 0 amide bonds. The van der Waals surface area contributed by atoms with E-state index in [-0.39, 0.29) is 17.1 Å². The highest BCUT2D eigenvalue weighted by atomic mass is 16.5. The van der Waals surface area contributed by atoms with Crippen molar-refractivity contribution in [3.63, 3.8) is 0 Å². The van der Waals surface area contributed by atoms with Crippen molar-refractivity contribution in [2.24, 2.45) is 5.92 Å². The van der Waals surface area contributed by atoms with E-state index in [0.29, 0.717) is 12.5 Å². The monoisotopic (exact) mass is 228 g/mol. The summed E-state index contributed by atoms with van der Waals surface area (Å²) in [4.78, 5) is 0. The van der Waals surface area contributed by atoms with Crippen LogP contribution in [0.5, 0.6) is 0 Å². The van der Waals surface area contributed by atoms with Gasteiger partial charge in [0.25, 0.3) is 0 Å². The van der Waals surface area contributed by atoms with Crippen molar-refractivity contribution in [3.8, 4) is 0 Å². The van der Waals surface area contributed by atoms with E-state index < -0.39 is 0 Å². The van der Waals surface area contributed by atoms with Crippen LogP contribution in [-0.2, 0) is 0 Å². The molecule has 0 radical (unpaired) electrons. The zero-order chi connectivity index (χ0) is 12.1. The third-order valence-corrected chi connectivity index (χ3v) is 4.40. The zero-order valence-electron chi connectivity index (χ0n) is 10.8. The minimum atomic E-state index is -0.155. The molecule has 2 unspecified atom stereocenters. The Hall–Kier alpha value is -0.160. The van der Waals surface area contributed by atoms with Crippen LogP contribution in [0, 0.1) is 5.92 Å². The summed E-state index contributed by atoms with van der Waals surface area (Å²) < 4.78 is 0.